The zero-order chi connectivity index (χ0) is 6.53. The highest BCUT2D eigenvalue weighted by molar-refractivity contribution is 4.75. The second kappa shape index (κ2) is 3.64. The van der Waals surface area contributed by atoms with Crippen molar-refractivity contribution in [2.75, 3.05) is 19.7 Å². The van der Waals surface area contributed by atoms with E-state index >= 15 is 0 Å². The van der Waals surface area contributed by atoms with Crippen LogP contribution in [-0.2, 0) is 4.74 Å². The first kappa shape index (κ1) is 6.78. The maximum absolute atomic E-state index is 5.38. The van der Waals surface area contributed by atoms with Crippen LogP contribution < -0.4 is 5.32 Å². The van der Waals surface area contributed by atoms with Crippen molar-refractivity contribution in [2.24, 2.45) is 0 Å². The molecule has 2 heteroatoms. The lowest BCUT2D eigenvalue weighted by Gasteiger charge is -2.26. The fourth-order valence-electron chi connectivity index (χ4n) is 0.698. The first-order chi connectivity index (χ1) is 4.43. The molecule has 0 atom stereocenters. The van der Waals surface area contributed by atoms with Crippen molar-refractivity contribution < 1.29 is 4.74 Å². The smallest absolute Gasteiger partial charge is 0.0823 e. The Morgan fingerprint density at radius 1 is 1.67 bits per heavy atom. The SMILES string of the molecule is C=CCCOC1CNC1. The Morgan fingerprint density at radius 3 is 2.89 bits per heavy atom. The Labute approximate surface area is 55.9 Å². The summed E-state index contributed by atoms with van der Waals surface area (Å²) in [6.45, 7) is 6.48. The summed E-state index contributed by atoms with van der Waals surface area (Å²) >= 11 is 0. The summed E-state index contributed by atoms with van der Waals surface area (Å²) in [7, 11) is 0. The molecule has 1 fully saturated rings. The molecule has 0 aromatic heterocycles. The van der Waals surface area contributed by atoms with Gasteiger partial charge in [-0.1, -0.05) is 6.08 Å². The average molecular weight is 127 g/mol. The van der Waals surface area contributed by atoms with Gasteiger partial charge < -0.3 is 10.1 Å². The highest BCUT2D eigenvalue weighted by Gasteiger charge is 2.15. The molecule has 0 aliphatic carbocycles. The molecule has 0 spiro atoms. The fourth-order valence-corrected chi connectivity index (χ4v) is 0.698. The van der Waals surface area contributed by atoms with Crippen molar-refractivity contribution in [1.82, 2.24) is 5.32 Å². The maximum atomic E-state index is 5.38. The van der Waals surface area contributed by atoms with E-state index in [0.29, 0.717) is 6.10 Å². The Bertz CT molecular complexity index is 88.9. The van der Waals surface area contributed by atoms with E-state index in [1.165, 1.54) is 0 Å². The van der Waals surface area contributed by atoms with Crippen LogP contribution in [0.25, 0.3) is 0 Å². The van der Waals surface area contributed by atoms with Crippen molar-refractivity contribution in [3.63, 3.8) is 0 Å². The van der Waals surface area contributed by atoms with Crippen molar-refractivity contribution in [3.8, 4) is 0 Å². The van der Waals surface area contributed by atoms with Gasteiger partial charge in [-0.15, -0.1) is 6.58 Å². The standard InChI is InChI=1S/C7H13NO/c1-2-3-4-9-7-5-8-6-7/h2,7-8H,1,3-6H2. The predicted molar refractivity (Wildman–Crippen MR) is 37.4 cm³/mol. The number of nitrogens with one attached hydrogen (secondary N) is 1. The third kappa shape index (κ3) is 2.16. The topological polar surface area (TPSA) is 21.3 Å². The molecule has 52 valence electrons. The minimum Gasteiger partial charge on any atom is -0.375 e. The summed E-state index contributed by atoms with van der Waals surface area (Å²) in [5, 5.41) is 3.14. The summed E-state index contributed by atoms with van der Waals surface area (Å²) in [6.07, 6.45) is 3.33. The second-order valence-electron chi connectivity index (χ2n) is 2.23. The van der Waals surface area contributed by atoms with Crippen molar-refractivity contribution in [1.29, 1.82) is 0 Å². The average Bonchev–Trinajstić information content (AvgIpc) is 1.76. The first-order valence-electron chi connectivity index (χ1n) is 3.36. The van der Waals surface area contributed by atoms with Gasteiger partial charge in [0.05, 0.1) is 12.7 Å². The van der Waals surface area contributed by atoms with E-state index in [1.807, 2.05) is 6.08 Å². The zero-order valence-electron chi connectivity index (χ0n) is 5.60. The van der Waals surface area contributed by atoms with Gasteiger partial charge >= 0.3 is 0 Å². The van der Waals surface area contributed by atoms with Crippen molar-refractivity contribution in [3.05, 3.63) is 12.7 Å². The summed E-state index contributed by atoms with van der Waals surface area (Å²) in [5.74, 6) is 0. The first-order valence-corrected chi connectivity index (χ1v) is 3.36. The monoisotopic (exact) mass is 127 g/mol. The van der Waals surface area contributed by atoms with Gasteiger partial charge in [0.25, 0.3) is 0 Å². The molecule has 2 nitrogen and oxygen atoms in total. The largest absolute Gasteiger partial charge is 0.375 e. The van der Waals surface area contributed by atoms with Gasteiger partial charge in [-0.25, -0.2) is 0 Å². The van der Waals surface area contributed by atoms with E-state index in [4.69, 9.17) is 4.74 Å². The van der Waals surface area contributed by atoms with Crippen LogP contribution in [0.15, 0.2) is 12.7 Å². The number of hydrogen-bond donors (Lipinski definition) is 1. The lowest BCUT2D eigenvalue weighted by molar-refractivity contribution is 0.0217. The van der Waals surface area contributed by atoms with E-state index in [9.17, 15) is 0 Å². The fraction of sp³-hybridized carbons (Fsp3) is 0.714. The van der Waals surface area contributed by atoms with Crippen LogP contribution >= 0.6 is 0 Å². The van der Waals surface area contributed by atoms with E-state index in [2.05, 4.69) is 11.9 Å². The molecule has 1 saturated heterocycles. The minimum absolute atomic E-state index is 0.477. The highest BCUT2D eigenvalue weighted by Crippen LogP contribution is 1.98. The van der Waals surface area contributed by atoms with Gasteiger partial charge in [-0.3, -0.25) is 0 Å². The third-order valence-corrected chi connectivity index (χ3v) is 1.42. The van der Waals surface area contributed by atoms with Crippen LogP contribution in [0.5, 0.6) is 0 Å². The lowest BCUT2D eigenvalue weighted by atomic mass is 10.2. The van der Waals surface area contributed by atoms with Crippen LogP contribution in [0.2, 0.25) is 0 Å². The van der Waals surface area contributed by atoms with Gasteiger partial charge in [-0.2, -0.15) is 0 Å². The molecule has 1 heterocycles. The van der Waals surface area contributed by atoms with E-state index in [1.54, 1.807) is 0 Å². The molecule has 0 aromatic carbocycles. The molecule has 0 aromatic rings. The Kier molecular flexibility index (Phi) is 2.74. The minimum atomic E-state index is 0.477. The second-order valence-corrected chi connectivity index (χ2v) is 2.23. The van der Waals surface area contributed by atoms with Crippen LogP contribution in [0, 0.1) is 0 Å². The van der Waals surface area contributed by atoms with Gasteiger partial charge in [0.2, 0.25) is 0 Å². The van der Waals surface area contributed by atoms with E-state index in [-0.39, 0.29) is 0 Å². The molecule has 0 saturated carbocycles. The van der Waals surface area contributed by atoms with Crippen LogP contribution in [0.1, 0.15) is 6.42 Å². The third-order valence-electron chi connectivity index (χ3n) is 1.42. The molecule has 1 aliphatic heterocycles. The molecule has 1 aliphatic rings. The Morgan fingerprint density at radius 2 is 2.44 bits per heavy atom. The van der Waals surface area contributed by atoms with Crippen molar-refractivity contribution in [2.45, 2.75) is 12.5 Å². The van der Waals surface area contributed by atoms with Crippen LogP contribution in [-0.4, -0.2) is 25.8 Å². The molecule has 1 rings (SSSR count). The van der Waals surface area contributed by atoms with Crippen LogP contribution in [0.3, 0.4) is 0 Å². The summed E-state index contributed by atoms with van der Waals surface area (Å²) in [5.41, 5.74) is 0. The number of rotatable bonds is 4. The zero-order valence-corrected chi connectivity index (χ0v) is 5.60. The molecule has 0 bridgehead atoms. The highest BCUT2D eigenvalue weighted by atomic mass is 16.5. The van der Waals surface area contributed by atoms with Gasteiger partial charge in [-0.05, 0) is 6.42 Å². The maximum Gasteiger partial charge on any atom is 0.0823 e. The summed E-state index contributed by atoms with van der Waals surface area (Å²) in [6, 6.07) is 0. The van der Waals surface area contributed by atoms with Crippen molar-refractivity contribution >= 4 is 0 Å². The van der Waals surface area contributed by atoms with Gasteiger partial charge in [0, 0.05) is 13.1 Å². The number of hydrogen-bond acceptors (Lipinski definition) is 2. The summed E-state index contributed by atoms with van der Waals surface area (Å²) < 4.78 is 5.38. The van der Waals surface area contributed by atoms with Gasteiger partial charge in [0.15, 0.2) is 0 Å². The van der Waals surface area contributed by atoms with Gasteiger partial charge in [0.1, 0.15) is 0 Å². The summed E-state index contributed by atoms with van der Waals surface area (Å²) in [4.78, 5) is 0. The molecule has 1 N–H and O–H groups in total. The molecule has 9 heavy (non-hydrogen) atoms. The number of ether oxygens (including phenoxy) is 1. The molecular weight excluding hydrogens is 114 g/mol. The Balaban J connectivity index is 1.85. The lowest BCUT2D eigenvalue weighted by Crippen LogP contribution is -2.48. The molecule has 0 amide bonds. The quantitative estimate of drug-likeness (QED) is 0.440. The predicted octanol–water partition coefficient (Wildman–Crippen LogP) is 0.551. The van der Waals surface area contributed by atoms with E-state index < -0.39 is 0 Å². The molecular formula is C7H13NO. The Hall–Kier alpha value is -0.340. The molecule has 0 radical (unpaired) electrons. The normalized spacial score (nSPS) is 19.1. The van der Waals surface area contributed by atoms with Crippen LogP contribution in [0.4, 0.5) is 0 Å². The molecule has 0 unspecified atom stereocenters. The van der Waals surface area contributed by atoms with E-state index in [0.717, 1.165) is 26.1 Å².